The number of aliphatic carboxylic acids is 1. The van der Waals surface area contributed by atoms with E-state index in [0.29, 0.717) is 50.6 Å². The highest BCUT2D eigenvalue weighted by Gasteiger charge is 2.39. The van der Waals surface area contributed by atoms with Crippen LogP contribution in [0.1, 0.15) is 106 Å². The van der Waals surface area contributed by atoms with E-state index in [1.54, 1.807) is 54.3 Å². The van der Waals surface area contributed by atoms with Crippen molar-refractivity contribution in [3.05, 3.63) is 59.8 Å². The lowest BCUT2D eigenvalue weighted by atomic mass is 9.80. The minimum atomic E-state index is -1.36. The third-order valence-electron chi connectivity index (χ3n) is 12.2. The number of hydrogen-bond acceptors (Lipinski definition) is 11. The Morgan fingerprint density at radius 1 is 0.806 bits per heavy atom. The Hall–Kier alpha value is -5.87. The molecule has 0 spiro atoms. The number of piperazine rings is 1. The van der Waals surface area contributed by atoms with Gasteiger partial charge in [-0.3, -0.25) is 28.8 Å². The number of aromatic nitrogens is 1. The zero-order valence-corrected chi connectivity index (χ0v) is 35.4. The lowest BCUT2D eigenvalue weighted by Crippen LogP contribution is -2.52. The van der Waals surface area contributed by atoms with Crippen molar-refractivity contribution in [2.24, 2.45) is 23.7 Å². The van der Waals surface area contributed by atoms with Crippen LogP contribution in [0.5, 0.6) is 0 Å². The predicted octanol–water partition coefficient (Wildman–Crippen LogP) is 3.33. The van der Waals surface area contributed by atoms with Gasteiger partial charge in [0.15, 0.2) is 11.8 Å². The van der Waals surface area contributed by atoms with Crippen LogP contribution >= 0.6 is 0 Å². The first-order valence-corrected chi connectivity index (χ1v) is 22.1. The molecule has 1 aliphatic heterocycles. The SMILES string of the molecule is CCOC(=O)N1CCN(c2ccc(C(=O)NC(C(=O)CC(CC3CC3)C(=O)NC(CC3CC3)C(=O)C(=O)NCC(=O)NC(C(=O)O)c3ccccc3)C3CCCCC3)cn2)CC1. The number of pyridine rings is 1. The van der Waals surface area contributed by atoms with Crippen LogP contribution in [0.2, 0.25) is 0 Å². The van der Waals surface area contributed by atoms with Gasteiger partial charge in [0.05, 0.1) is 30.8 Å². The van der Waals surface area contributed by atoms with Gasteiger partial charge in [0, 0.05) is 44.7 Å². The summed E-state index contributed by atoms with van der Waals surface area (Å²) in [6.07, 6.45) is 9.47. The summed E-state index contributed by atoms with van der Waals surface area (Å²) >= 11 is 0. The van der Waals surface area contributed by atoms with E-state index in [0.717, 1.165) is 57.8 Å². The predicted molar refractivity (Wildman–Crippen MR) is 226 cm³/mol. The van der Waals surface area contributed by atoms with E-state index in [9.17, 15) is 43.5 Å². The molecular weight excluding hydrogens is 799 g/mol. The number of rotatable bonds is 21. The first-order chi connectivity index (χ1) is 29.9. The summed E-state index contributed by atoms with van der Waals surface area (Å²) in [6.45, 7) is 3.48. The zero-order valence-electron chi connectivity index (χ0n) is 35.4. The van der Waals surface area contributed by atoms with Crippen LogP contribution in [-0.2, 0) is 33.5 Å². The molecule has 6 rings (SSSR count). The maximum atomic E-state index is 14.3. The third kappa shape index (κ3) is 13.1. The summed E-state index contributed by atoms with van der Waals surface area (Å²) in [4.78, 5) is 114. The van der Waals surface area contributed by atoms with E-state index in [1.165, 1.54) is 6.20 Å². The maximum absolute atomic E-state index is 14.3. The molecule has 62 heavy (non-hydrogen) atoms. The Balaban J connectivity index is 1.07. The topological polar surface area (TPSA) is 234 Å². The fraction of sp³-hybridized carbons (Fsp3) is 0.578. The van der Waals surface area contributed by atoms with Crippen LogP contribution in [0, 0.1) is 23.7 Å². The zero-order chi connectivity index (χ0) is 44.2. The molecule has 0 bridgehead atoms. The van der Waals surface area contributed by atoms with Gasteiger partial charge in [0.1, 0.15) is 5.82 Å². The van der Waals surface area contributed by atoms with Gasteiger partial charge < -0.3 is 40.9 Å². The van der Waals surface area contributed by atoms with Gasteiger partial charge in [-0.25, -0.2) is 14.6 Å². The number of benzene rings is 1. The van der Waals surface area contributed by atoms with Gasteiger partial charge >= 0.3 is 12.1 Å². The number of carboxylic acid groups (broad SMARTS) is 1. The summed E-state index contributed by atoms with van der Waals surface area (Å²) in [7, 11) is 0. The van der Waals surface area contributed by atoms with Crippen molar-refractivity contribution in [1.29, 1.82) is 0 Å². The number of ether oxygens (including phenoxy) is 1. The van der Waals surface area contributed by atoms with E-state index >= 15 is 0 Å². The quantitative estimate of drug-likeness (QED) is 0.114. The summed E-state index contributed by atoms with van der Waals surface area (Å²) in [6, 6.07) is 8.08. The molecule has 0 radical (unpaired) electrons. The van der Waals surface area contributed by atoms with Crippen LogP contribution in [0.4, 0.5) is 10.6 Å². The van der Waals surface area contributed by atoms with Crippen molar-refractivity contribution in [3.63, 3.8) is 0 Å². The van der Waals surface area contributed by atoms with E-state index in [2.05, 4.69) is 26.3 Å². The Morgan fingerprint density at radius 2 is 1.48 bits per heavy atom. The number of amides is 5. The molecule has 2 aromatic rings. The van der Waals surface area contributed by atoms with Crippen LogP contribution in [-0.4, -0.2) is 114 Å². The molecule has 334 valence electrons. The number of nitrogens with one attached hydrogen (secondary N) is 4. The molecule has 5 N–H and O–H groups in total. The van der Waals surface area contributed by atoms with Crippen LogP contribution in [0.15, 0.2) is 48.7 Å². The maximum Gasteiger partial charge on any atom is 0.409 e. The molecule has 3 aliphatic carbocycles. The standard InChI is InChI=1S/C45H59N7O10/c1-2-62-45(61)52-21-19-51(20-22-52)36-18-17-32(26-46-36)41(56)50-38(30-9-5-3-6-10-30)35(53)25-33(23-28-13-14-28)42(57)48-34(24-29-15-16-29)40(55)43(58)47-27-37(54)49-39(44(59)60)31-11-7-4-8-12-31/h4,7-8,11-12,17-18,26,28-30,33-34,38-39H,2-3,5-6,9-10,13-16,19-25,27H2,1H3,(H,47,58)(H,48,57)(H,49,54)(H,50,56)(H,59,60). The molecule has 4 aliphatic rings. The minimum absolute atomic E-state index is 0.115. The lowest BCUT2D eigenvalue weighted by molar-refractivity contribution is -0.142. The first-order valence-electron chi connectivity index (χ1n) is 22.1. The van der Waals surface area contributed by atoms with E-state index in [4.69, 9.17) is 4.74 Å². The monoisotopic (exact) mass is 857 g/mol. The molecule has 4 fully saturated rings. The fourth-order valence-corrected chi connectivity index (χ4v) is 8.36. The first kappa shape index (κ1) is 45.7. The van der Waals surface area contributed by atoms with Crippen LogP contribution in [0.25, 0.3) is 0 Å². The second kappa shape index (κ2) is 21.8. The highest BCUT2D eigenvalue weighted by atomic mass is 16.6. The molecule has 17 heteroatoms. The number of hydrogen-bond donors (Lipinski definition) is 5. The largest absolute Gasteiger partial charge is 0.479 e. The average molecular weight is 858 g/mol. The average Bonchev–Trinajstić information content (AvgIpc) is 4.24. The minimum Gasteiger partial charge on any atom is -0.479 e. The summed E-state index contributed by atoms with van der Waals surface area (Å²) in [5, 5.41) is 20.1. The van der Waals surface area contributed by atoms with Gasteiger partial charge in [-0.2, -0.15) is 0 Å². The van der Waals surface area contributed by atoms with Crippen molar-refractivity contribution < 1.29 is 48.2 Å². The molecule has 3 saturated carbocycles. The third-order valence-corrected chi connectivity index (χ3v) is 12.2. The van der Waals surface area contributed by atoms with Gasteiger partial charge in [-0.05, 0) is 68.1 Å². The molecule has 1 aromatic heterocycles. The number of anilines is 1. The molecule has 4 atom stereocenters. The van der Waals surface area contributed by atoms with Crippen molar-refractivity contribution in [2.75, 3.05) is 44.2 Å². The van der Waals surface area contributed by atoms with Crippen molar-refractivity contribution in [1.82, 2.24) is 31.2 Å². The second-order valence-electron chi connectivity index (χ2n) is 17.0. The molecular formula is C45H59N7O10. The van der Waals surface area contributed by atoms with E-state index in [1.807, 2.05) is 4.90 Å². The summed E-state index contributed by atoms with van der Waals surface area (Å²) in [5.74, 6) is -5.25. The number of nitrogens with zero attached hydrogens (tertiary/aromatic N) is 3. The molecule has 17 nitrogen and oxygen atoms in total. The highest BCUT2D eigenvalue weighted by molar-refractivity contribution is 6.38. The smallest absolute Gasteiger partial charge is 0.409 e. The normalized spacial score (nSPS) is 18.6. The van der Waals surface area contributed by atoms with Gasteiger partial charge in [0.2, 0.25) is 17.6 Å². The van der Waals surface area contributed by atoms with Crippen molar-refractivity contribution in [2.45, 2.75) is 102 Å². The van der Waals surface area contributed by atoms with Crippen LogP contribution < -0.4 is 26.2 Å². The van der Waals surface area contributed by atoms with Crippen molar-refractivity contribution >= 4 is 53.1 Å². The highest BCUT2D eigenvalue weighted by Crippen LogP contribution is 2.38. The van der Waals surface area contributed by atoms with E-state index in [-0.39, 0.29) is 48.0 Å². The van der Waals surface area contributed by atoms with Crippen LogP contribution in [0.3, 0.4) is 0 Å². The van der Waals surface area contributed by atoms with Crippen molar-refractivity contribution in [3.8, 4) is 0 Å². The Labute approximate surface area is 361 Å². The van der Waals surface area contributed by atoms with E-state index < -0.39 is 66.0 Å². The van der Waals surface area contributed by atoms with Gasteiger partial charge in [-0.15, -0.1) is 0 Å². The number of Topliss-reactive ketones (excluding diaryl/α,β-unsaturated/α-hetero) is 2. The molecule has 4 unspecified atom stereocenters. The Bertz CT molecular complexity index is 1920. The van der Waals surface area contributed by atoms with Gasteiger partial charge in [0.25, 0.3) is 11.8 Å². The number of ketones is 2. The number of carbonyl (C=O) groups is 8. The molecule has 1 aromatic carbocycles. The Kier molecular flexibility index (Phi) is 16.0. The summed E-state index contributed by atoms with van der Waals surface area (Å²) in [5.41, 5.74) is 0.619. The number of carboxylic acids is 1. The Morgan fingerprint density at radius 3 is 2.10 bits per heavy atom. The molecule has 5 amide bonds. The van der Waals surface area contributed by atoms with Gasteiger partial charge in [-0.1, -0.05) is 75.3 Å². The molecule has 1 saturated heterocycles. The lowest BCUT2D eigenvalue weighted by Gasteiger charge is -2.34. The summed E-state index contributed by atoms with van der Waals surface area (Å²) < 4.78 is 5.11. The number of carbonyl (C=O) groups excluding carboxylic acids is 7. The second-order valence-corrected chi connectivity index (χ2v) is 17.0. The fourth-order valence-electron chi connectivity index (χ4n) is 8.36. The molecule has 2 heterocycles.